The normalized spacial score (nSPS) is 18.0. The number of carbonyl (C=O) groups excluding carboxylic acids is 2. The summed E-state index contributed by atoms with van der Waals surface area (Å²) < 4.78 is 7.63. The lowest BCUT2D eigenvalue weighted by molar-refractivity contribution is -0.139. The molecule has 2 fully saturated rings. The number of methoxy groups -OCH3 is 1. The highest BCUT2D eigenvalue weighted by molar-refractivity contribution is 5.94. The Hall–Kier alpha value is -4.17. The molecule has 0 spiro atoms. The Bertz CT molecular complexity index is 1490. The van der Waals surface area contributed by atoms with Crippen molar-refractivity contribution in [2.75, 3.05) is 46.4 Å². The number of piperidine rings is 1. The average molecular weight is 552 g/mol. The van der Waals surface area contributed by atoms with Crippen molar-refractivity contribution in [2.45, 2.75) is 25.9 Å². The van der Waals surface area contributed by atoms with E-state index in [0.717, 1.165) is 55.1 Å². The minimum Gasteiger partial charge on any atom is -0.497 e. The first-order valence-corrected chi connectivity index (χ1v) is 14.5. The van der Waals surface area contributed by atoms with Crippen LogP contribution in [0.15, 0.2) is 78.9 Å². The smallest absolute Gasteiger partial charge is 0.253 e. The van der Waals surface area contributed by atoms with Crippen LogP contribution in [0.1, 0.15) is 34.6 Å². The molecule has 3 heterocycles. The average Bonchev–Trinajstić information content (AvgIpc) is 3.37. The molecule has 2 amide bonds. The van der Waals surface area contributed by atoms with Gasteiger partial charge in [-0.1, -0.05) is 42.5 Å². The summed E-state index contributed by atoms with van der Waals surface area (Å²) in [6.45, 7) is 5.44. The zero-order chi connectivity index (χ0) is 28.2. The number of para-hydroxylation sites is 2. The lowest BCUT2D eigenvalue weighted by Crippen LogP contribution is -2.53. The summed E-state index contributed by atoms with van der Waals surface area (Å²) in [4.78, 5) is 37.6. The maximum atomic E-state index is 13.6. The van der Waals surface area contributed by atoms with Gasteiger partial charge in [0.05, 0.1) is 30.6 Å². The van der Waals surface area contributed by atoms with E-state index in [-0.39, 0.29) is 17.7 Å². The van der Waals surface area contributed by atoms with Crippen molar-refractivity contribution in [3.63, 3.8) is 0 Å². The van der Waals surface area contributed by atoms with Crippen LogP contribution in [0.25, 0.3) is 11.0 Å². The first-order chi connectivity index (χ1) is 20.1. The fourth-order valence-corrected chi connectivity index (χ4v) is 6.09. The van der Waals surface area contributed by atoms with Crippen LogP contribution in [0.2, 0.25) is 0 Å². The molecule has 2 aliphatic heterocycles. The second-order valence-corrected chi connectivity index (χ2v) is 11.0. The van der Waals surface area contributed by atoms with E-state index in [1.54, 1.807) is 7.11 Å². The number of piperazine rings is 1. The summed E-state index contributed by atoms with van der Waals surface area (Å²) in [6, 6.07) is 25.8. The SMILES string of the molecule is COc1ccc(Cn2c(CN3CCC[C@H](C(=O)N4CCN(C(=O)c5ccccc5)CC4)C3)nc3ccccc32)cc1. The summed E-state index contributed by atoms with van der Waals surface area (Å²) >= 11 is 0. The number of likely N-dealkylation sites (tertiary alicyclic amines) is 1. The molecule has 6 rings (SSSR count). The Morgan fingerprint density at radius 1 is 0.829 bits per heavy atom. The number of amides is 2. The largest absolute Gasteiger partial charge is 0.497 e. The molecule has 2 saturated heterocycles. The molecule has 8 heteroatoms. The van der Waals surface area contributed by atoms with E-state index in [2.05, 4.69) is 39.8 Å². The van der Waals surface area contributed by atoms with Gasteiger partial charge in [-0.05, 0) is 61.3 Å². The lowest BCUT2D eigenvalue weighted by atomic mass is 9.96. The molecule has 4 aromatic rings. The predicted octanol–water partition coefficient (Wildman–Crippen LogP) is 4.29. The van der Waals surface area contributed by atoms with Gasteiger partial charge in [-0.3, -0.25) is 14.5 Å². The third-order valence-electron chi connectivity index (χ3n) is 8.35. The molecule has 0 unspecified atom stereocenters. The van der Waals surface area contributed by atoms with Gasteiger partial charge >= 0.3 is 0 Å². The van der Waals surface area contributed by atoms with Crippen molar-refractivity contribution in [1.29, 1.82) is 0 Å². The summed E-state index contributed by atoms with van der Waals surface area (Å²) in [5.74, 6) is 2.09. The number of fused-ring (bicyclic) bond motifs is 1. The van der Waals surface area contributed by atoms with Crippen molar-refractivity contribution in [3.8, 4) is 5.75 Å². The number of nitrogens with zero attached hydrogens (tertiary/aromatic N) is 5. The maximum absolute atomic E-state index is 13.6. The molecule has 41 heavy (non-hydrogen) atoms. The first-order valence-electron chi connectivity index (χ1n) is 14.5. The molecule has 212 valence electrons. The van der Waals surface area contributed by atoms with Crippen LogP contribution >= 0.6 is 0 Å². The van der Waals surface area contributed by atoms with Crippen LogP contribution in [0, 0.1) is 5.92 Å². The number of carbonyl (C=O) groups is 2. The van der Waals surface area contributed by atoms with Gasteiger partial charge in [0.15, 0.2) is 0 Å². The third-order valence-corrected chi connectivity index (χ3v) is 8.35. The minimum absolute atomic E-state index is 0.0282. The van der Waals surface area contributed by atoms with E-state index in [1.165, 1.54) is 5.56 Å². The van der Waals surface area contributed by atoms with E-state index in [4.69, 9.17) is 9.72 Å². The molecule has 0 bridgehead atoms. The Morgan fingerprint density at radius 2 is 1.54 bits per heavy atom. The van der Waals surface area contributed by atoms with Gasteiger partial charge in [0.1, 0.15) is 11.6 Å². The second-order valence-electron chi connectivity index (χ2n) is 11.0. The van der Waals surface area contributed by atoms with Crippen molar-refractivity contribution in [3.05, 3.63) is 95.8 Å². The number of rotatable bonds is 7. The third kappa shape index (κ3) is 5.98. The van der Waals surface area contributed by atoms with Gasteiger partial charge in [0, 0.05) is 44.8 Å². The molecular weight excluding hydrogens is 514 g/mol. The number of hydrogen-bond acceptors (Lipinski definition) is 5. The van der Waals surface area contributed by atoms with Crippen molar-refractivity contribution < 1.29 is 14.3 Å². The standard InChI is InChI=1S/C33H37N5O3/c1-41-28-15-13-25(14-16-28)22-38-30-12-6-5-11-29(30)34-31(38)24-35-17-7-10-27(23-35)33(40)37-20-18-36(19-21-37)32(39)26-8-3-2-4-9-26/h2-6,8-9,11-16,27H,7,10,17-24H2,1H3/t27-/m0/s1. The highest BCUT2D eigenvalue weighted by atomic mass is 16.5. The summed E-state index contributed by atoms with van der Waals surface area (Å²) in [6.07, 6.45) is 1.89. The Kier molecular flexibility index (Phi) is 8.00. The van der Waals surface area contributed by atoms with Crippen molar-refractivity contribution >= 4 is 22.8 Å². The molecule has 3 aromatic carbocycles. The summed E-state index contributed by atoms with van der Waals surface area (Å²) in [5.41, 5.74) is 3.99. The molecule has 2 aliphatic rings. The molecular formula is C33H37N5O3. The van der Waals surface area contributed by atoms with Crippen LogP contribution in [0.3, 0.4) is 0 Å². The van der Waals surface area contributed by atoms with Crippen molar-refractivity contribution in [1.82, 2.24) is 24.3 Å². The monoisotopic (exact) mass is 551 g/mol. The fourth-order valence-electron chi connectivity index (χ4n) is 6.09. The van der Waals surface area contributed by atoms with Crippen LogP contribution in [-0.4, -0.2) is 82.4 Å². The Balaban J connectivity index is 1.10. The van der Waals surface area contributed by atoms with E-state index < -0.39 is 0 Å². The summed E-state index contributed by atoms with van der Waals surface area (Å²) in [7, 11) is 1.68. The van der Waals surface area contributed by atoms with Gasteiger partial charge in [0.25, 0.3) is 5.91 Å². The molecule has 0 saturated carbocycles. The first kappa shape index (κ1) is 27.0. The van der Waals surface area contributed by atoms with Gasteiger partial charge in [-0.15, -0.1) is 0 Å². The van der Waals surface area contributed by atoms with Gasteiger partial charge in [-0.2, -0.15) is 0 Å². The topological polar surface area (TPSA) is 70.9 Å². The fraction of sp³-hybridized carbons (Fsp3) is 0.364. The van der Waals surface area contributed by atoms with Gasteiger partial charge < -0.3 is 19.1 Å². The molecule has 1 atom stereocenters. The van der Waals surface area contributed by atoms with E-state index in [1.807, 2.05) is 58.3 Å². The summed E-state index contributed by atoms with van der Waals surface area (Å²) in [5, 5.41) is 0. The number of hydrogen-bond donors (Lipinski definition) is 0. The number of aromatic nitrogens is 2. The number of ether oxygens (including phenoxy) is 1. The van der Waals surface area contributed by atoms with Crippen LogP contribution < -0.4 is 4.74 Å². The lowest BCUT2D eigenvalue weighted by Gasteiger charge is -2.39. The van der Waals surface area contributed by atoms with E-state index in [0.29, 0.717) is 38.3 Å². The van der Waals surface area contributed by atoms with E-state index >= 15 is 0 Å². The molecule has 0 N–H and O–H groups in total. The van der Waals surface area contributed by atoms with Gasteiger partial charge in [-0.25, -0.2) is 4.98 Å². The second kappa shape index (κ2) is 12.1. The number of benzene rings is 3. The van der Waals surface area contributed by atoms with Gasteiger partial charge in [0.2, 0.25) is 5.91 Å². The zero-order valence-corrected chi connectivity index (χ0v) is 23.6. The predicted molar refractivity (Wildman–Crippen MR) is 159 cm³/mol. The van der Waals surface area contributed by atoms with Crippen molar-refractivity contribution in [2.24, 2.45) is 5.92 Å². The zero-order valence-electron chi connectivity index (χ0n) is 23.6. The highest BCUT2D eigenvalue weighted by Crippen LogP contribution is 2.25. The van der Waals surface area contributed by atoms with Crippen LogP contribution in [-0.2, 0) is 17.9 Å². The number of imidazole rings is 1. The Morgan fingerprint density at radius 3 is 2.29 bits per heavy atom. The van der Waals surface area contributed by atoms with E-state index in [9.17, 15) is 9.59 Å². The maximum Gasteiger partial charge on any atom is 0.253 e. The molecule has 0 aliphatic carbocycles. The quantitative estimate of drug-likeness (QED) is 0.343. The van der Waals surface area contributed by atoms with Crippen LogP contribution in [0.5, 0.6) is 5.75 Å². The van der Waals surface area contributed by atoms with Crippen LogP contribution in [0.4, 0.5) is 0 Å². The molecule has 1 aromatic heterocycles. The highest BCUT2D eigenvalue weighted by Gasteiger charge is 2.32. The molecule has 0 radical (unpaired) electrons. The molecule has 8 nitrogen and oxygen atoms in total. The minimum atomic E-state index is -0.0282. The Labute approximate surface area is 241 Å².